The van der Waals surface area contributed by atoms with Crippen LogP contribution in [0.2, 0.25) is 0 Å². The molecule has 0 spiro atoms. The lowest BCUT2D eigenvalue weighted by molar-refractivity contribution is -0.136. The lowest BCUT2D eigenvalue weighted by Crippen LogP contribution is -2.52. The monoisotopic (exact) mass is 384 g/mol. The highest BCUT2D eigenvalue weighted by atomic mass is 16.2. The molecule has 1 aromatic carbocycles. The van der Waals surface area contributed by atoms with Gasteiger partial charge in [-0.3, -0.25) is 24.6 Å². The second kappa shape index (κ2) is 8.01. The first kappa shape index (κ1) is 19.1. The van der Waals surface area contributed by atoms with E-state index in [9.17, 15) is 14.4 Å². The Hall–Kier alpha value is -2.25. The van der Waals surface area contributed by atoms with E-state index in [2.05, 4.69) is 16.3 Å². The third-order valence-corrected chi connectivity index (χ3v) is 6.28. The highest BCUT2D eigenvalue weighted by Gasteiger charge is 2.39. The Bertz CT molecular complexity index is 786. The number of hydrogen-bond donors (Lipinski definition) is 2. The molecule has 3 heterocycles. The molecule has 1 atom stereocenters. The molecule has 1 unspecified atom stereocenters. The molecule has 0 aliphatic carbocycles. The van der Waals surface area contributed by atoms with Crippen LogP contribution < -0.4 is 11.1 Å². The number of rotatable bonds is 5. The van der Waals surface area contributed by atoms with Crippen LogP contribution in [-0.4, -0.2) is 53.2 Å². The Kier molecular flexibility index (Phi) is 5.46. The third-order valence-electron chi connectivity index (χ3n) is 6.28. The van der Waals surface area contributed by atoms with Gasteiger partial charge in [0.15, 0.2) is 0 Å². The number of fused-ring (bicyclic) bond motifs is 1. The predicted molar refractivity (Wildman–Crippen MR) is 104 cm³/mol. The number of nitrogens with zero attached hydrogens (tertiary/aromatic N) is 2. The second-order valence-corrected chi connectivity index (χ2v) is 8.19. The Morgan fingerprint density at radius 2 is 1.89 bits per heavy atom. The maximum Gasteiger partial charge on any atom is 0.255 e. The van der Waals surface area contributed by atoms with Gasteiger partial charge in [-0.1, -0.05) is 12.1 Å². The van der Waals surface area contributed by atoms with Crippen LogP contribution in [0.4, 0.5) is 0 Å². The molecule has 3 amide bonds. The van der Waals surface area contributed by atoms with E-state index in [1.807, 2.05) is 12.1 Å². The van der Waals surface area contributed by atoms with Crippen LogP contribution in [0, 0.1) is 5.92 Å². The zero-order chi connectivity index (χ0) is 19.7. The smallest absolute Gasteiger partial charge is 0.255 e. The Balaban J connectivity index is 1.41. The van der Waals surface area contributed by atoms with E-state index in [-0.39, 0.29) is 24.1 Å². The van der Waals surface area contributed by atoms with Gasteiger partial charge in [0.1, 0.15) is 6.04 Å². The highest BCUT2D eigenvalue weighted by Crippen LogP contribution is 2.29. The summed E-state index contributed by atoms with van der Waals surface area (Å²) in [5, 5.41) is 2.35. The van der Waals surface area contributed by atoms with Crippen molar-refractivity contribution >= 4 is 17.7 Å². The summed E-state index contributed by atoms with van der Waals surface area (Å²) in [6.45, 7) is 4.18. The minimum absolute atomic E-state index is 0.104. The lowest BCUT2D eigenvalue weighted by atomic mass is 9.93. The first-order valence-electron chi connectivity index (χ1n) is 10.2. The maximum absolute atomic E-state index is 12.9. The van der Waals surface area contributed by atoms with Crippen LogP contribution in [0.5, 0.6) is 0 Å². The van der Waals surface area contributed by atoms with Crippen LogP contribution >= 0.6 is 0 Å². The van der Waals surface area contributed by atoms with Crippen molar-refractivity contribution in [1.82, 2.24) is 15.1 Å². The number of carbonyl (C=O) groups is 3. The Morgan fingerprint density at radius 3 is 2.61 bits per heavy atom. The van der Waals surface area contributed by atoms with Gasteiger partial charge >= 0.3 is 0 Å². The molecule has 1 aromatic rings. The van der Waals surface area contributed by atoms with E-state index < -0.39 is 6.04 Å². The van der Waals surface area contributed by atoms with E-state index in [0.29, 0.717) is 18.5 Å². The number of nitrogens with two attached hydrogens (primary N) is 1. The Morgan fingerprint density at radius 1 is 1.11 bits per heavy atom. The molecule has 0 saturated carbocycles. The molecule has 3 N–H and O–H groups in total. The van der Waals surface area contributed by atoms with Gasteiger partial charge in [0.2, 0.25) is 11.8 Å². The van der Waals surface area contributed by atoms with Gasteiger partial charge in [-0.2, -0.15) is 0 Å². The summed E-state index contributed by atoms with van der Waals surface area (Å²) in [7, 11) is 0. The number of hydrogen-bond acceptors (Lipinski definition) is 5. The largest absolute Gasteiger partial charge is 0.330 e. The van der Waals surface area contributed by atoms with Crippen LogP contribution in [0.1, 0.15) is 53.6 Å². The van der Waals surface area contributed by atoms with Crippen molar-refractivity contribution < 1.29 is 14.4 Å². The van der Waals surface area contributed by atoms with Crippen molar-refractivity contribution in [2.24, 2.45) is 11.7 Å². The molecule has 3 aliphatic rings. The fourth-order valence-corrected chi connectivity index (χ4v) is 4.63. The minimum Gasteiger partial charge on any atom is -0.330 e. The SMILES string of the molecule is NCCC1CCN(Cc2ccc3c(c2)C(=O)N(C2CCC(=O)NC2=O)C3)CC1. The number of imide groups is 1. The lowest BCUT2D eigenvalue weighted by Gasteiger charge is -2.31. The first-order chi connectivity index (χ1) is 13.5. The van der Waals surface area contributed by atoms with Gasteiger partial charge in [0, 0.05) is 25.1 Å². The molecule has 150 valence electrons. The molecule has 2 fully saturated rings. The molecule has 2 saturated heterocycles. The van der Waals surface area contributed by atoms with Crippen LogP contribution in [0.3, 0.4) is 0 Å². The molecule has 0 radical (unpaired) electrons. The van der Waals surface area contributed by atoms with Crippen molar-refractivity contribution in [1.29, 1.82) is 0 Å². The number of piperidine rings is 2. The highest BCUT2D eigenvalue weighted by molar-refractivity contribution is 6.05. The molecule has 7 nitrogen and oxygen atoms in total. The quantitative estimate of drug-likeness (QED) is 0.739. The van der Waals surface area contributed by atoms with Crippen molar-refractivity contribution in [3.63, 3.8) is 0 Å². The van der Waals surface area contributed by atoms with E-state index in [4.69, 9.17) is 5.73 Å². The molecule has 0 bridgehead atoms. The van der Waals surface area contributed by atoms with Gasteiger partial charge in [-0.25, -0.2) is 0 Å². The average Bonchev–Trinajstić information content (AvgIpc) is 3.00. The van der Waals surface area contributed by atoms with Gasteiger partial charge in [-0.15, -0.1) is 0 Å². The number of nitrogens with one attached hydrogen (secondary N) is 1. The number of benzene rings is 1. The number of carbonyl (C=O) groups excluding carboxylic acids is 3. The second-order valence-electron chi connectivity index (χ2n) is 8.19. The van der Waals surface area contributed by atoms with E-state index in [1.54, 1.807) is 4.90 Å². The molecule has 28 heavy (non-hydrogen) atoms. The standard InChI is InChI=1S/C21H28N4O3/c22-8-5-14-6-9-24(10-7-14)12-15-1-2-16-13-25(21(28)17(16)11-15)18-3-4-19(26)23-20(18)27/h1-2,11,14,18H,3-10,12-13,22H2,(H,23,26,27). The first-order valence-corrected chi connectivity index (χ1v) is 10.2. The molecular weight excluding hydrogens is 356 g/mol. The third kappa shape index (κ3) is 3.82. The minimum atomic E-state index is -0.553. The molecule has 3 aliphatic heterocycles. The van der Waals surface area contributed by atoms with Crippen molar-refractivity contribution in [2.45, 2.75) is 51.2 Å². The summed E-state index contributed by atoms with van der Waals surface area (Å²) in [4.78, 5) is 40.5. The summed E-state index contributed by atoms with van der Waals surface area (Å²) in [6, 6.07) is 5.53. The van der Waals surface area contributed by atoms with Crippen LogP contribution in [0.25, 0.3) is 0 Å². The fraction of sp³-hybridized carbons (Fsp3) is 0.571. The molecular formula is C21H28N4O3. The van der Waals surface area contributed by atoms with E-state index >= 15 is 0 Å². The zero-order valence-electron chi connectivity index (χ0n) is 16.2. The fourth-order valence-electron chi connectivity index (χ4n) is 4.63. The van der Waals surface area contributed by atoms with Crippen molar-refractivity contribution in [3.05, 3.63) is 34.9 Å². The summed E-state index contributed by atoms with van der Waals surface area (Å²) >= 11 is 0. The van der Waals surface area contributed by atoms with Gasteiger partial charge in [0.05, 0.1) is 0 Å². The van der Waals surface area contributed by atoms with Gasteiger partial charge < -0.3 is 10.6 Å². The number of amides is 3. The van der Waals surface area contributed by atoms with Crippen molar-refractivity contribution in [3.8, 4) is 0 Å². The zero-order valence-corrected chi connectivity index (χ0v) is 16.2. The van der Waals surface area contributed by atoms with Gasteiger partial charge in [0.25, 0.3) is 5.91 Å². The van der Waals surface area contributed by atoms with E-state index in [0.717, 1.165) is 49.6 Å². The Labute approximate surface area is 165 Å². The molecule has 7 heteroatoms. The van der Waals surface area contributed by atoms with Crippen LogP contribution in [-0.2, 0) is 22.7 Å². The van der Waals surface area contributed by atoms with Crippen molar-refractivity contribution in [2.75, 3.05) is 19.6 Å². The van der Waals surface area contributed by atoms with E-state index in [1.165, 1.54) is 12.8 Å². The summed E-state index contributed by atoms with van der Waals surface area (Å²) in [6.07, 6.45) is 4.16. The predicted octanol–water partition coefficient (Wildman–Crippen LogP) is 1.01. The molecule has 0 aromatic heterocycles. The summed E-state index contributed by atoms with van der Waals surface area (Å²) < 4.78 is 0. The van der Waals surface area contributed by atoms with Gasteiger partial charge in [-0.05, 0) is 68.4 Å². The maximum atomic E-state index is 12.9. The normalized spacial score (nSPS) is 23.8. The van der Waals surface area contributed by atoms with Crippen LogP contribution in [0.15, 0.2) is 18.2 Å². The number of likely N-dealkylation sites (tertiary alicyclic amines) is 1. The summed E-state index contributed by atoms with van der Waals surface area (Å²) in [5.41, 5.74) is 8.46. The average molecular weight is 384 g/mol. The summed E-state index contributed by atoms with van der Waals surface area (Å²) in [5.74, 6) is 0.0128. The molecule has 4 rings (SSSR count). The topological polar surface area (TPSA) is 95.7 Å².